The van der Waals surface area contributed by atoms with Crippen LogP contribution in [0.15, 0.2) is 0 Å². The number of esters is 1. The van der Waals surface area contributed by atoms with Crippen molar-refractivity contribution < 1.29 is 14.3 Å². The Morgan fingerprint density at radius 1 is 1.67 bits per heavy atom. The Balaban J connectivity index is 0.00000121. The summed E-state index contributed by atoms with van der Waals surface area (Å²) in [6.07, 6.45) is 0.262. The van der Waals surface area contributed by atoms with Crippen LogP contribution in [0.2, 0.25) is 0 Å². The van der Waals surface area contributed by atoms with Crippen molar-refractivity contribution in [2.24, 2.45) is 5.73 Å². The van der Waals surface area contributed by atoms with Crippen LogP contribution < -0.4 is 5.73 Å². The Morgan fingerprint density at radius 2 is 2.17 bits per heavy atom. The van der Waals surface area contributed by atoms with Gasteiger partial charge in [0.05, 0.1) is 6.61 Å². The molecule has 1 aliphatic rings. The van der Waals surface area contributed by atoms with Crippen LogP contribution in [0.25, 0.3) is 0 Å². The zero-order valence-corrected chi connectivity index (χ0v) is 7.65. The van der Waals surface area contributed by atoms with Crippen LogP contribution in [0.5, 0.6) is 0 Å². The highest BCUT2D eigenvalue weighted by atomic mass is 35.5. The highest BCUT2D eigenvalue weighted by Gasteiger charge is 2.47. The SMILES string of the molecule is CCOC(=O)C1(N)CC(=O)C1.Cl. The zero-order chi connectivity index (χ0) is 8.48. The van der Waals surface area contributed by atoms with Gasteiger partial charge >= 0.3 is 5.97 Å². The summed E-state index contributed by atoms with van der Waals surface area (Å²) in [6, 6.07) is 0. The van der Waals surface area contributed by atoms with Crippen LogP contribution in [-0.2, 0) is 14.3 Å². The third kappa shape index (κ3) is 1.95. The molecule has 0 radical (unpaired) electrons. The summed E-state index contributed by atoms with van der Waals surface area (Å²) >= 11 is 0. The number of ketones is 1. The van der Waals surface area contributed by atoms with Gasteiger partial charge in [-0.25, -0.2) is 0 Å². The molecule has 2 N–H and O–H groups in total. The summed E-state index contributed by atoms with van der Waals surface area (Å²) in [6.45, 7) is 2.02. The van der Waals surface area contributed by atoms with Gasteiger partial charge < -0.3 is 10.5 Å². The van der Waals surface area contributed by atoms with Crippen molar-refractivity contribution in [3.8, 4) is 0 Å². The average Bonchev–Trinajstić information content (AvgIpc) is 1.85. The van der Waals surface area contributed by atoms with Crippen LogP contribution >= 0.6 is 12.4 Å². The minimum Gasteiger partial charge on any atom is -0.465 e. The van der Waals surface area contributed by atoms with Crippen LogP contribution in [-0.4, -0.2) is 23.9 Å². The number of ether oxygens (including phenoxy) is 1. The van der Waals surface area contributed by atoms with E-state index in [-0.39, 0.29) is 31.0 Å². The molecule has 0 bridgehead atoms. The lowest BCUT2D eigenvalue weighted by atomic mass is 9.76. The van der Waals surface area contributed by atoms with Crippen molar-refractivity contribution in [2.75, 3.05) is 6.61 Å². The second kappa shape index (κ2) is 3.87. The molecule has 12 heavy (non-hydrogen) atoms. The van der Waals surface area contributed by atoms with Gasteiger partial charge in [-0.2, -0.15) is 0 Å². The summed E-state index contributed by atoms with van der Waals surface area (Å²) in [5, 5.41) is 0. The van der Waals surface area contributed by atoms with Crippen molar-refractivity contribution in [1.29, 1.82) is 0 Å². The standard InChI is InChI=1S/C7H11NO3.ClH/c1-2-11-6(10)7(8)3-5(9)4-7;/h2-4,8H2,1H3;1H. The van der Waals surface area contributed by atoms with E-state index in [0.29, 0.717) is 6.61 Å². The van der Waals surface area contributed by atoms with Crippen LogP contribution in [0.3, 0.4) is 0 Å². The fourth-order valence-electron chi connectivity index (χ4n) is 1.07. The Kier molecular flexibility index (Phi) is 3.67. The minimum atomic E-state index is -1.01. The van der Waals surface area contributed by atoms with Crippen molar-refractivity contribution in [1.82, 2.24) is 0 Å². The van der Waals surface area contributed by atoms with E-state index in [1.807, 2.05) is 0 Å². The van der Waals surface area contributed by atoms with Crippen LogP contribution in [0.1, 0.15) is 19.8 Å². The van der Waals surface area contributed by atoms with Crippen molar-refractivity contribution in [3.05, 3.63) is 0 Å². The van der Waals surface area contributed by atoms with E-state index in [0.717, 1.165) is 0 Å². The zero-order valence-electron chi connectivity index (χ0n) is 6.83. The largest absolute Gasteiger partial charge is 0.465 e. The van der Waals surface area contributed by atoms with Crippen LogP contribution in [0.4, 0.5) is 0 Å². The highest BCUT2D eigenvalue weighted by molar-refractivity contribution is 6.00. The lowest BCUT2D eigenvalue weighted by molar-refractivity contribution is -0.157. The van der Waals surface area contributed by atoms with Crippen molar-refractivity contribution in [3.63, 3.8) is 0 Å². The van der Waals surface area contributed by atoms with Gasteiger partial charge in [0.15, 0.2) is 0 Å². The van der Waals surface area contributed by atoms with E-state index >= 15 is 0 Å². The number of rotatable bonds is 2. The van der Waals surface area contributed by atoms with E-state index in [4.69, 9.17) is 5.73 Å². The first kappa shape index (κ1) is 11.4. The quantitative estimate of drug-likeness (QED) is 0.629. The maximum atomic E-state index is 11.0. The Labute approximate surface area is 76.9 Å². The first-order valence-electron chi connectivity index (χ1n) is 3.56. The number of halogens is 1. The summed E-state index contributed by atoms with van der Waals surface area (Å²) < 4.78 is 4.68. The second-order valence-electron chi connectivity index (χ2n) is 2.77. The molecule has 0 aliphatic heterocycles. The second-order valence-corrected chi connectivity index (χ2v) is 2.77. The molecular formula is C7H12ClNO3. The number of carbonyl (C=O) groups excluding carboxylic acids is 2. The Morgan fingerprint density at radius 3 is 2.50 bits per heavy atom. The molecule has 0 atom stereocenters. The van der Waals surface area contributed by atoms with E-state index in [1.165, 1.54) is 0 Å². The molecule has 0 heterocycles. The average molecular weight is 194 g/mol. The molecule has 0 aromatic carbocycles. The van der Waals surface area contributed by atoms with E-state index in [1.54, 1.807) is 6.92 Å². The molecular weight excluding hydrogens is 182 g/mol. The predicted molar refractivity (Wildman–Crippen MR) is 45.0 cm³/mol. The minimum absolute atomic E-state index is 0. The molecule has 0 aromatic heterocycles. The third-order valence-electron chi connectivity index (χ3n) is 1.71. The lowest BCUT2D eigenvalue weighted by Gasteiger charge is -2.33. The molecule has 1 aliphatic carbocycles. The topological polar surface area (TPSA) is 69.4 Å². The first-order valence-corrected chi connectivity index (χ1v) is 3.56. The maximum Gasteiger partial charge on any atom is 0.327 e. The number of Topliss-reactive ketones (excluding diaryl/α,β-unsaturated/α-hetero) is 1. The summed E-state index contributed by atoms with van der Waals surface area (Å²) in [5.74, 6) is -0.430. The van der Waals surface area contributed by atoms with E-state index in [9.17, 15) is 9.59 Å². The number of nitrogens with two attached hydrogens (primary N) is 1. The number of hydrogen-bond acceptors (Lipinski definition) is 4. The predicted octanol–water partition coefficient (Wildman–Crippen LogP) is 0.0317. The van der Waals surface area contributed by atoms with Gasteiger partial charge in [-0.3, -0.25) is 9.59 Å². The van der Waals surface area contributed by atoms with Gasteiger partial charge in [0.25, 0.3) is 0 Å². The first-order chi connectivity index (χ1) is 5.08. The molecule has 0 spiro atoms. The molecule has 70 valence electrons. The maximum absolute atomic E-state index is 11.0. The number of carbonyl (C=O) groups is 2. The molecule has 1 fully saturated rings. The fourth-order valence-corrected chi connectivity index (χ4v) is 1.07. The fraction of sp³-hybridized carbons (Fsp3) is 0.714. The molecule has 0 aromatic rings. The van der Waals surface area contributed by atoms with Crippen molar-refractivity contribution >= 4 is 24.2 Å². The molecule has 4 nitrogen and oxygen atoms in total. The van der Waals surface area contributed by atoms with Gasteiger partial charge in [-0.1, -0.05) is 0 Å². The summed E-state index contributed by atoms with van der Waals surface area (Å²) in [4.78, 5) is 21.5. The summed E-state index contributed by atoms with van der Waals surface area (Å²) in [7, 11) is 0. The van der Waals surface area contributed by atoms with E-state index < -0.39 is 11.5 Å². The monoisotopic (exact) mass is 193 g/mol. The molecule has 0 amide bonds. The Hall–Kier alpha value is -0.610. The van der Waals surface area contributed by atoms with Gasteiger partial charge in [0.1, 0.15) is 11.3 Å². The highest BCUT2D eigenvalue weighted by Crippen LogP contribution is 2.26. The van der Waals surface area contributed by atoms with Gasteiger partial charge in [0, 0.05) is 12.8 Å². The van der Waals surface area contributed by atoms with Gasteiger partial charge in [0.2, 0.25) is 0 Å². The molecule has 0 unspecified atom stereocenters. The van der Waals surface area contributed by atoms with Crippen LogP contribution in [0, 0.1) is 0 Å². The molecule has 0 saturated heterocycles. The summed E-state index contributed by atoms with van der Waals surface area (Å²) in [5.41, 5.74) is 4.52. The normalized spacial score (nSPS) is 19.0. The Bertz CT molecular complexity index is 197. The molecule has 1 rings (SSSR count). The van der Waals surface area contributed by atoms with E-state index in [2.05, 4.69) is 4.74 Å². The van der Waals surface area contributed by atoms with Gasteiger partial charge in [-0.15, -0.1) is 12.4 Å². The third-order valence-corrected chi connectivity index (χ3v) is 1.71. The van der Waals surface area contributed by atoms with Crippen molar-refractivity contribution in [2.45, 2.75) is 25.3 Å². The smallest absolute Gasteiger partial charge is 0.327 e. The van der Waals surface area contributed by atoms with Gasteiger partial charge in [-0.05, 0) is 6.92 Å². The lowest BCUT2D eigenvalue weighted by Crippen LogP contribution is -2.59. The molecule has 1 saturated carbocycles. The number of hydrogen-bond donors (Lipinski definition) is 1. The molecule has 5 heteroatoms.